The van der Waals surface area contributed by atoms with Gasteiger partial charge in [0.2, 0.25) is 28.6 Å². The first kappa shape index (κ1) is 26.6. The minimum absolute atomic E-state index is 0.0373. The molecule has 0 bridgehead atoms. The van der Waals surface area contributed by atoms with Gasteiger partial charge < -0.3 is 19.7 Å². The molecule has 190 valence electrons. The molecule has 9 nitrogen and oxygen atoms in total. The molecule has 1 heterocycles. The van der Waals surface area contributed by atoms with Crippen LogP contribution < -0.4 is 19.1 Å². The van der Waals surface area contributed by atoms with E-state index in [9.17, 15) is 18.0 Å². The van der Waals surface area contributed by atoms with Crippen LogP contribution in [0.25, 0.3) is 0 Å². The van der Waals surface area contributed by atoms with Crippen molar-refractivity contribution in [2.45, 2.75) is 46.3 Å². The number of nitrogens with one attached hydrogen (secondary N) is 1. The summed E-state index contributed by atoms with van der Waals surface area (Å²) in [6, 6.07) is 10.6. The molecule has 1 atom stereocenters. The van der Waals surface area contributed by atoms with Crippen LogP contribution in [0.5, 0.6) is 11.5 Å². The molecule has 35 heavy (non-hydrogen) atoms. The molecule has 0 saturated heterocycles. The molecule has 0 saturated carbocycles. The minimum Gasteiger partial charge on any atom is -0.454 e. The maximum absolute atomic E-state index is 13.6. The lowest BCUT2D eigenvalue weighted by Gasteiger charge is -2.32. The molecule has 0 aromatic heterocycles. The maximum Gasteiger partial charge on any atom is 0.244 e. The van der Waals surface area contributed by atoms with Gasteiger partial charge in [0.05, 0.1) is 11.4 Å². The van der Waals surface area contributed by atoms with Crippen LogP contribution in [-0.2, 0) is 26.2 Å². The highest BCUT2D eigenvalue weighted by Crippen LogP contribution is 2.36. The summed E-state index contributed by atoms with van der Waals surface area (Å²) in [6.07, 6.45) is 0. The fourth-order valence-corrected chi connectivity index (χ4v) is 4.71. The Morgan fingerprint density at radius 2 is 1.71 bits per heavy atom. The molecule has 1 aliphatic heterocycles. The Labute approximate surface area is 211 Å². The quantitative estimate of drug-likeness (QED) is 0.513. The van der Waals surface area contributed by atoms with E-state index in [0.29, 0.717) is 16.5 Å². The monoisotopic (exact) mass is 523 g/mol. The van der Waals surface area contributed by atoms with Crippen molar-refractivity contribution < 1.29 is 27.5 Å². The predicted octanol–water partition coefficient (Wildman–Crippen LogP) is 3.17. The van der Waals surface area contributed by atoms with Gasteiger partial charge in [0, 0.05) is 23.7 Å². The molecule has 1 N–H and O–H groups in total. The van der Waals surface area contributed by atoms with E-state index in [2.05, 4.69) is 5.32 Å². The summed E-state index contributed by atoms with van der Waals surface area (Å²) in [6.45, 7) is 6.42. The van der Waals surface area contributed by atoms with E-state index in [1.54, 1.807) is 43.3 Å². The average molecular weight is 524 g/mol. The Bertz CT molecular complexity index is 1170. The molecule has 0 aliphatic carbocycles. The number of nitrogens with zero attached hydrogens (tertiary/aromatic N) is 2. The van der Waals surface area contributed by atoms with Crippen molar-refractivity contribution in [3.8, 4) is 11.5 Å². The number of sulfonamides is 1. The van der Waals surface area contributed by atoms with E-state index >= 15 is 0 Å². The number of fused-ring (bicyclic) bond motifs is 1. The smallest absolute Gasteiger partial charge is 0.244 e. The Morgan fingerprint density at radius 1 is 1.06 bits per heavy atom. The lowest BCUT2D eigenvalue weighted by Crippen LogP contribution is -2.52. The molecule has 0 unspecified atom stereocenters. The standard InChI is InChI=1S/C24H30ClN3O6S/c1-5-35(31,32)28(20-10-11-21-22(12-20)34-15-33-21)14-23(29)27(17(4)24(30)26-16(2)3)13-18-6-8-19(25)9-7-18/h6-12,16-17H,5,13-15H2,1-4H3,(H,26,30)/t17-/m0/s1. The van der Waals surface area contributed by atoms with Crippen molar-refractivity contribution in [1.29, 1.82) is 0 Å². The van der Waals surface area contributed by atoms with Crippen molar-refractivity contribution in [1.82, 2.24) is 10.2 Å². The molecule has 1 aliphatic rings. The number of rotatable bonds is 10. The van der Waals surface area contributed by atoms with E-state index in [4.69, 9.17) is 21.1 Å². The van der Waals surface area contributed by atoms with Gasteiger partial charge in [-0.05, 0) is 57.5 Å². The summed E-state index contributed by atoms with van der Waals surface area (Å²) >= 11 is 5.99. The van der Waals surface area contributed by atoms with Crippen LogP contribution >= 0.6 is 11.6 Å². The highest BCUT2D eigenvalue weighted by molar-refractivity contribution is 7.92. The first-order chi connectivity index (χ1) is 16.5. The van der Waals surface area contributed by atoms with Crippen LogP contribution in [0.3, 0.4) is 0 Å². The van der Waals surface area contributed by atoms with Crippen LogP contribution in [0, 0.1) is 0 Å². The number of carbonyl (C=O) groups is 2. The minimum atomic E-state index is -3.83. The number of halogens is 1. The second kappa shape index (κ2) is 11.2. The molecule has 2 aromatic carbocycles. The lowest BCUT2D eigenvalue weighted by molar-refractivity contribution is -0.139. The molecule has 11 heteroatoms. The summed E-state index contributed by atoms with van der Waals surface area (Å²) in [5.74, 6) is -0.183. The highest BCUT2D eigenvalue weighted by Gasteiger charge is 2.31. The van der Waals surface area contributed by atoms with Crippen molar-refractivity contribution in [2.24, 2.45) is 0 Å². The fraction of sp³-hybridized carbons (Fsp3) is 0.417. The Balaban J connectivity index is 1.93. The van der Waals surface area contributed by atoms with Crippen LogP contribution in [0.1, 0.15) is 33.3 Å². The summed E-state index contributed by atoms with van der Waals surface area (Å²) in [4.78, 5) is 27.7. The third-order valence-electron chi connectivity index (χ3n) is 5.49. The number of carbonyl (C=O) groups excluding carboxylic acids is 2. The molecule has 3 rings (SSSR count). The summed E-state index contributed by atoms with van der Waals surface area (Å²) in [7, 11) is -3.83. The second-order valence-electron chi connectivity index (χ2n) is 8.43. The van der Waals surface area contributed by atoms with Crippen molar-refractivity contribution in [3.63, 3.8) is 0 Å². The third kappa shape index (κ3) is 6.58. The Hall–Kier alpha value is -2.98. The normalized spacial score (nSPS) is 13.4. The highest BCUT2D eigenvalue weighted by atomic mass is 35.5. The van der Waals surface area contributed by atoms with Gasteiger partial charge in [-0.25, -0.2) is 8.42 Å². The number of hydrogen-bond acceptors (Lipinski definition) is 6. The number of amides is 2. The SMILES string of the molecule is CCS(=O)(=O)N(CC(=O)N(Cc1ccc(Cl)cc1)[C@@H](C)C(=O)NC(C)C)c1ccc2c(c1)OCO2. The van der Waals surface area contributed by atoms with Gasteiger partial charge >= 0.3 is 0 Å². The zero-order valence-corrected chi connectivity index (χ0v) is 21.7. The van der Waals surface area contributed by atoms with Gasteiger partial charge in [-0.3, -0.25) is 13.9 Å². The van der Waals surface area contributed by atoms with Crippen molar-refractivity contribution in [2.75, 3.05) is 23.4 Å². The van der Waals surface area contributed by atoms with Gasteiger partial charge in [0.25, 0.3) is 0 Å². The molecule has 0 radical (unpaired) electrons. The Morgan fingerprint density at radius 3 is 2.34 bits per heavy atom. The zero-order chi connectivity index (χ0) is 25.8. The van der Waals surface area contributed by atoms with Crippen LogP contribution in [0.15, 0.2) is 42.5 Å². The number of benzene rings is 2. The summed E-state index contributed by atoms with van der Waals surface area (Å²) in [5, 5.41) is 3.35. The Kier molecular flexibility index (Phi) is 8.50. The van der Waals surface area contributed by atoms with Crippen LogP contribution in [-0.4, -0.2) is 56.3 Å². The second-order valence-corrected chi connectivity index (χ2v) is 11.1. The van der Waals surface area contributed by atoms with Gasteiger partial charge in [-0.15, -0.1) is 0 Å². The topological polar surface area (TPSA) is 105 Å². The molecule has 0 spiro atoms. The van der Waals surface area contributed by atoms with Crippen LogP contribution in [0.2, 0.25) is 5.02 Å². The van der Waals surface area contributed by atoms with E-state index in [1.165, 1.54) is 17.9 Å². The molecule has 0 fully saturated rings. The first-order valence-corrected chi connectivity index (χ1v) is 13.2. The van der Waals surface area contributed by atoms with Crippen molar-refractivity contribution >= 4 is 39.1 Å². The maximum atomic E-state index is 13.6. The average Bonchev–Trinajstić information content (AvgIpc) is 3.29. The summed E-state index contributed by atoms with van der Waals surface area (Å²) < 4.78 is 37.7. The molecular weight excluding hydrogens is 494 g/mol. The largest absolute Gasteiger partial charge is 0.454 e. The van der Waals surface area contributed by atoms with Crippen molar-refractivity contribution in [3.05, 3.63) is 53.1 Å². The fourth-order valence-electron chi connectivity index (χ4n) is 3.53. The van der Waals surface area contributed by atoms with Gasteiger partial charge in [0.1, 0.15) is 12.6 Å². The molecular formula is C24H30ClN3O6S. The van der Waals surface area contributed by atoms with Crippen LogP contribution in [0.4, 0.5) is 5.69 Å². The molecule has 2 amide bonds. The lowest BCUT2D eigenvalue weighted by atomic mass is 10.1. The van der Waals surface area contributed by atoms with E-state index in [0.717, 1.165) is 9.87 Å². The van der Waals surface area contributed by atoms with Gasteiger partial charge in [0.15, 0.2) is 11.5 Å². The number of hydrogen-bond donors (Lipinski definition) is 1. The third-order valence-corrected chi connectivity index (χ3v) is 7.48. The number of anilines is 1. The van der Waals surface area contributed by atoms with Gasteiger partial charge in [-0.2, -0.15) is 0 Å². The van der Waals surface area contributed by atoms with Gasteiger partial charge in [-0.1, -0.05) is 23.7 Å². The number of ether oxygens (including phenoxy) is 2. The zero-order valence-electron chi connectivity index (χ0n) is 20.2. The van der Waals surface area contributed by atoms with E-state index in [1.807, 2.05) is 13.8 Å². The van der Waals surface area contributed by atoms with E-state index in [-0.39, 0.29) is 36.7 Å². The molecule has 2 aromatic rings. The van der Waals surface area contributed by atoms with E-state index < -0.39 is 28.5 Å². The predicted molar refractivity (Wildman–Crippen MR) is 134 cm³/mol. The summed E-state index contributed by atoms with van der Waals surface area (Å²) in [5.41, 5.74) is 1.02. The first-order valence-electron chi connectivity index (χ1n) is 11.3.